The van der Waals surface area contributed by atoms with Crippen molar-refractivity contribution in [1.29, 1.82) is 0 Å². The Hall–Kier alpha value is -3.78. The SMILES string of the molecule is COc1cccc(N2CCN(C(=O)Cn3cc(S(=O)(=O)c4ccccc4)c4ccccc43)CC2)c1. The summed E-state index contributed by atoms with van der Waals surface area (Å²) in [6.07, 6.45) is 1.59. The fourth-order valence-corrected chi connectivity index (χ4v) is 6.05. The number of ether oxygens (including phenoxy) is 1. The van der Waals surface area contributed by atoms with Crippen molar-refractivity contribution < 1.29 is 17.9 Å². The molecule has 1 aliphatic heterocycles. The van der Waals surface area contributed by atoms with Gasteiger partial charge in [-0.15, -0.1) is 0 Å². The van der Waals surface area contributed by atoms with Gasteiger partial charge in [-0.2, -0.15) is 0 Å². The van der Waals surface area contributed by atoms with E-state index in [0.29, 0.717) is 18.5 Å². The standard InChI is InChI=1S/C27H27N3O4S/c1-34-22-9-7-8-21(18-22)28-14-16-29(17-15-28)27(31)20-30-19-26(24-12-5-6-13-25(24)30)35(32,33)23-10-3-2-4-11-23/h2-13,18-19H,14-17,20H2,1H3. The second-order valence-electron chi connectivity index (χ2n) is 8.52. The van der Waals surface area contributed by atoms with E-state index < -0.39 is 9.84 Å². The zero-order chi connectivity index (χ0) is 24.4. The molecule has 180 valence electrons. The molecule has 3 aromatic carbocycles. The summed E-state index contributed by atoms with van der Waals surface area (Å²) in [5.74, 6) is 0.779. The maximum Gasteiger partial charge on any atom is 0.242 e. The van der Waals surface area contributed by atoms with E-state index in [2.05, 4.69) is 4.90 Å². The molecular formula is C27H27N3O4S. The van der Waals surface area contributed by atoms with E-state index in [0.717, 1.165) is 30.0 Å². The van der Waals surface area contributed by atoms with Crippen LogP contribution in [0.1, 0.15) is 0 Å². The van der Waals surface area contributed by atoms with Gasteiger partial charge in [0.05, 0.1) is 16.9 Å². The van der Waals surface area contributed by atoms with Crippen molar-refractivity contribution in [2.45, 2.75) is 16.3 Å². The van der Waals surface area contributed by atoms with Crippen LogP contribution in [-0.2, 0) is 21.2 Å². The van der Waals surface area contributed by atoms with Crippen LogP contribution in [-0.4, -0.2) is 57.1 Å². The zero-order valence-corrected chi connectivity index (χ0v) is 20.3. The molecule has 0 radical (unpaired) electrons. The molecule has 5 rings (SSSR count). The monoisotopic (exact) mass is 489 g/mol. The topological polar surface area (TPSA) is 71.8 Å². The number of rotatable bonds is 6. The Balaban J connectivity index is 1.35. The summed E-state index contributed by atoms with van der Waals surface area (Å²) >= 11 is 0. The third-order valence-electron chi connectivity index (χ3n) is 6.45. The molecule has 0 atom stereocenters. The third-order valence-corrected chi connectivity index (χ3v) is 8.25. The molecule has 1 saturated heterocycles. The van der Waals surface area contributed by atoms with Crippen molar-refractivity contribution in [3.8, 4) is 5.75 Å². The minimum absolute atomic E-state index is 0.0281. The molecule has 0 aliphatic carbocycles. The molecule has 35 heavy (non-hydrogen) atoms. The number of para-hydroxylation sites is 1. The second kappa shape index (κ2) is 9.46. The maximum absolute atomic E-state index is 13.3. The molecule has 1 aliphatic rings. The maximum atomic E-state index is 13.3. The van der Waals surface area contributed by atoms with Gasteiger partial charge in [-0.25, -0.2) is 8.42 Å². The Bertz CT molecular complexity index is 1460. The smallest absolute Gasteiger partial charge is 0.242 e. The minimum atomic E-state index is -3.71. The van der Waals surface area contributed by atoms with E-state index in [-0.39, 0.29) is 22.2 Å². The Morgan fingerprint density at radius 2 is 1.60 bits per heavy atom. The third kappa shape index (κ3) is 4.49. The molecule has 0 unspecified atom stereocenters. The number of hydrogen-bond donors (Lipinski definition) is 0. The van der Waals surface area contributed by atoms with E-state index in [1.54, 1.807) is 54.3 Å². The van der Waals surface area contributed by atoms with E-state index >= 15 is 0 Å². The number of piperazine rings is 1. The van der Waals surface area contributed by atoms with Gasteiger partial charge < -0.3 is 19.1 Å². The first-order chi connectivity index (χ1) is 17.0. The molecule has 0 saturated carbocycles. The predicted molar refractivity (Wildman–Crippen MR) is 136 cm³/mol. The second-order valence-corrected chi connectivity index (χ2v) is 10.4. The summed E-state index contributed by atoms with van der Waals surface area (Å²) in [4.78, 5) is 17.7. The molecule has 0 N–H and O–H groups in total. The molecule has 2 heterocycles. The summed E-state index contributed by atoms with van der Waals surface area (Å²) in [6, 6.07) is 23.6. The van der Waals surface area contributed by atoms with Gasteiger partial charge >= 0.3 is 0 Å². The number of amides is 1. The van der Waals surface area contributed by atoms with E-state index in [1.165, 1.54) is 0 Å². The number of sulfone groups is 1. The molecule has 4 aromatic rings. The zero-order valence-electron chi connectivity index (χ0n) is 19.5. The Morgan fingerprint density at radius 1 is 0.886 bits per heavy atom. The van der Waals surface area contributed by atoms with Gasteiger partial charge in [0.15, 0.2) is 0 Å². The highest BCUT2D eigenvalue weighted by Crippen LogP contribution is 2.30. The lowest BCUT2D eigenvalue weighted by Crippen LogP contribution is -2.49. The number of hydrogen-bond acceptors (Lipinski definition) is 5. The van der Waals surface area contributed by atoms with Crippen LogP contribution in [0, 0.1) is 0 Å². The first kappa shape index (κ1) is 23.0. The van der Waals surface area contributed by atoms with Crippen LogP contribution >= 0.6 is 0 Å². The molecular weight excluding hydrogens is 462 g/mol. The number of anilines is 1. The molecule has 8 heteroatoms. The highest BCUT2D eigenvalue weighted by atomic mass is 32.2. The van der Waals surface area contributed by atoms with Crippen LogP contribution in [0.4, 0.5) is 5.69 Å². The lowest BCUT2D eigenvalue weighted by atomic mass is 10.2. The fourth-order valence-electron chi connectivity index (χ4n) is 4.55. The number of carbonyl (C=O) groups is 1. The Kier molecular flexibility index (Phi) is 6.21. The van der Waals surface area contributed by atoms with Gasteiger partial charge in [-0.05, 0) is 30.3 Å². The predicted octanol–water partition coefficient (Wildman–Crippen LogP) is 3.83. The van der Waals surface area contributed by atoms with Crippen LogP contribution < -0.4 is 9.64 Å². The van der Waals surface area contributed by atoms with Gasteiger partial charge in [0.2, 0.25) is 15.7 Å². The van der Waals surface area contributed by atoms with Gasteiger partial charge in [0.25, 0.3) is 0 Å². The van der Waals surface area contributed by atoms with E-state index in [9.17, 15) is 13.2 Å². The lowest BCUT2D eigenvalue weighted by Gasteiger charge is -2.36. The summed E-state index contributed by atoms with van der Waals surface area (Å²) in [5.41, 5.74) is 1.80. The van der Waals surface area contributed by atoms with Crippen LogP contribution in [0.3, 0.4) is 0 Å². The number of aromatic nitrogens is 1. The summed E-state index contributed by atoms with van der Waals surface area (Å²) in [7, 11) is -2.06. The van der Waals surface area contributed by atoms with E-state index in [4.69, 9.17) is 4.74 Å². The van der Waals surface area contributed by atoms with Gasteiger partial charge in [0, 0.05) is 55.0 Å². The average Bonchev–Trinajstić information content (AvgIpc) is 3.28. The summed E-state index contributed by atoms with van der Waals surface area (Å²) in [6.45, 7) is 2.73. The molecule has 1 aromatic heterocycles. The number of nitrogens with zero attached hydrogens (tertiary/aromatic N) is 3. The Morgan fingerprint density at radius 3 is 2.34 bits per heavy atom. The summed E-state index contributed by atoms with van der Waals surface area (Å²) < 4.78 is 33.8. The van der Waals surface area contributed by atoms with Gasteiger partial charge in [-0.3, -0.25) is 4.79 Å². The van der Waals surface area contributed by atoms with Crippen molar-refractivity contribution in [1.82, 2.24) is 9.47 Å². The van der Waals surface area contributed by atoms with Crippen LogP contribution in [0.2, 0.25) is 0 Å². The van der Waals surface area contributed by atoms with Crippen molar-refractivity contribution >= 4 is 32.3 Å². The summed E-state index contributed by atoms with van der Waals surface area (Å²) in [5, 5.41) is 0.618. The number of fused-ring (bicyclic) bond motifs is 1. The first-order valence-electron chi connectivity index (χ1n) is 11.5. The van der Waals surface area contributed by atoms with Gasteiger partial charge in [0.1, 0.15) is 12.3 Å². The van der Waals surface area contributed by atoms with Crippen LogP contribution in [0.25, 0.3) is 10.9 Å². The Labute approximate surface area is 205 Å². The van der Waals surface area contributed by atoms with Crippen molar-refractivity contribution in [2.24, 2.45) is 0 Å². The van der Waals surface area contributed by atoms with Crippen molar-refractivity contribution in [2.75, 3.05) is 38.2 Å². The molecule has 0 bridgehead atoms. The number of methoxy groups -OCH3 is 1. The molecule has 0 spiro atoms. The number of benzene rings is 3. The van der Waals surface area contributed by atoms with Crippen molar-refractivity contribution in [3.63, 3.8) is 0 Å². The molecule has 7 nitrogen and oxygen atoms in total. The highest BCUT2D eigenvalue weighted by Gasteiger charge is 2.26. The quantitative estimate of drug-likeness (QED) is 0.412. The fraction of sp³-hybridized carbons (Fsp3) is 0.222. The molecule has 1 amide bonds. The largest absolute Gasteiger partial charge is 0.497 e. The van der Waals surface area contributed by atoms with Crippen LogP contribution in [0.15, 0.2) is 94.9 Å². The van der Waals surface area contributed by atoms with Crippen molar-refractivity contribution in [3.05, 3.63) is 85.1 Å². The lowest BCUT2D eigenvalue weighted by molar-refractivity contribution is -0.132. The normalized spacial score (nSPS) is 14.3. The van der Waals surface area contributed by atoms with E-state index in [1.807, 2.05) is 47.4 Å². The molecule has 1 fully saturated rings. The first-order valence-corrected chi connectivity index (χ1v) is 13.0. The van der Waals surface area contributed by atoms with Crippen LogP contribution in [0.5, 0.6) is 5.75 Å². The van der Waals surface area contributed by atoms with Gasteiger partial charge in [-0.1, -0.05) is 42.5 Å². The highest BCUT2D eigenvalue weighted by molar-refractivity contribution is 7.91. The average molecular weight is 490 g/mol. The number of carbonyl (C=O) groups excluding carboxylic acids is 1. The minimum Gasteiger partial charge on any atom is -0.497 e.